The molecule has 0 aliphatic carbocycles. The summed E-state index contributed by atoms with van der Waals surface area (Å²) in [4.78, 5) is 0. The first kappa shape index (κ1) is 12.3. The first-order valence-electron chi connectivity index (χ1n) is 3.61. The Kier molecular flexibility index (Phi) is 3.26. The Morgan fingerprint density at radius 3 is 2.47 bits per heavy atom. The first-order valence-corrected chi connectivity index (χ1v) is 5.97. The average molecular weight is 260 g/mol. The van der Waals surface area contributed by atoms with Crippen molar-refractivity contribution >= 4 is 27.0 Å². The molecule has 0 spiro atoms. The van der Waals surface area contributed by atoms with E-state index in [9.17, 15) is 21.6 Å². The maximum atomic E-state index is 11.8. The van der Waals surface area contributed by atoms with E-state index in [1.165, 1.54) is 10.1 Å². The largest absolute Gasteiger partial charge is 0.402 e. The molecule has 0 unspecified atom stereocenters. The number of anilines is 1. The van der Waals surface area contributed by atoms with Crippen LogP contribution in [0.5, 0.6) is 0 Å². The van der Waals surface area contributed by atoms with Crippen molar-refractivity contribution in [3.8, 4) is 0 Å². The zero-order valence-electron chi connectivity index (χ0n) is 7.21. The van der Waals surface area contributed by atoms with Gasteiger partial charge in [0.15, 0.2) is 0 Å². The monoisotopic (exact) mass is 260 g/mol. The van der Waals surface area contributed by atoms with Gasteiger partial charge in [-0.2, -0.15) is 13.2 Å². The molecule has 0 atom stereocenters. The van der Waals surface area contributed by atoms with Gasteiger partial charge in [0.05, 0.1) is 0 Å². The van der Waals surface area contributed by atoms with E-state index in [0.717, 1.165) is 17.4 Å². The number of thiophene rings is 1. The van der Waals surface area contributed by atoms with E-state index in [1.54, 1.807) is 0 Å². The van der Waals surface area contributed by atoms with Crippen molar-refractivity contribution in [2.45, 2.75) is 10.4 Å². The molecule has 0 fully saturated rings. The molecule has 0 amide bonds. The second-order valence-corrected chi connectivity index (χ2v) is 5.54. The Balaban J connectivity index is 2.77. The van der Waals surface area contributed by atoms with Crippen molar-refractivity contribution in [2.75, 3.05) is 12.3 Å². The zero-order valence-corrected chi connectivity index (χ0v) is 8.84. The van der Waals surface area contributed by atoms with Crippen LogP contribution >= 0.6 is 11.3 Å². The molecule has 0 aromatic carbocycles. The fourth-order valence-electron chi connectivity index (χ4n) is 0.719. The highest BCUT2D eigenvalue weighted by atomic mass is 32.2. The number of nitrogens with one attached hydrogen (secondary N) is 1. The molecule has 0 aliphatic heterocycles. The lowest BCUT2D eigenvalue weighted by Crippen LogP contribution is -2.33. The first-order chi connectivity index (χ1) is 6.71. The van der Waals surface area contributed by atoms with Gasteiger partial charge in [-0.1, -0.05) is 0 Å². The van der Waals surface area contributed by atoms with Crippen LogP contribution in [0.1, 0.15) is 0 Å². The quantitative estimate of drug-likeness (QED) is 0.857. The van der Waals surface area contributed by atoms with Gasteiger partial charge in [0.25, 0.3) is 0 Å². The molecule has 0 saturated heterocycles. The number of hydrogen-bond donors (Lipinski definition) is 2. The van der Waals surface area contributed by atoms with Crippen molar-refractivity contribution < 1.29 is 21.6 Å². The Bertz CT molecular complexity index is 437. The summed E-state index contributed by atoms with van der Waals surface area (Å²) in [7, 11) is -4.10. The minimum atomic E-state index is -4.57. The summed E-state index contributed by atoms with van der Waals surface area (Å²) in [5, 5.41) is 1.34. The van der Waals surface area contributed by atoms with E-state index in [-0.39, 0.29) is 9.90 Å². The highest BCUT2D eigenvalue weighted by molar-refractivity contribution is 7.91. The highest BCUT2D eigenvalue weighted by Gasteiger charge is 2.30. The van der Waals surface area contributed by atoms with E-state index in [1.807, 2.05) is 0 Å². The van der Waals surface area contributed by atoms with Gasteiger partial charge in [0, 0.05) is 11.1 Å². The summed E-state index contributed by atoms with van der Waals surface area (Å²) >= 11 is 0.764. The molecule has 1 rings (SSSR count). The van der Waals surface area contributed by atoms with Crippen LogP contribution in [-0.4, -0.2) is 21.1 Å². The van der Waals surface area contributed by atoms with E-state index in [2.05, 4.69) is 0 Å². The summed E-state index contributed by atoms with van der Waals surface area (Å²) < 4.78 is 58.9. The summed E-state index contributed by atoms with van der Waals surface area (Å²) in [6.07, 6.45) is -4.57. The SMILES string of the molecule is Nc1csc(S(=O)(=O)NCC(F)(F)F)c1. The lowest BCUT2D eigenvalue weighted by atomic mass is 10.6. The molecule has 0 bridgehead atoms. The third-order valence-electron chi connectivity index (χ3n) is 1.32. The van der Waals surface area contributed by atoms with Crippen molar-refractivity contribution in [1.82, 2.24) is 4.72 Å². The van der Waals surface area contributed by atoms with Crippen LogP contribution in [-0.2, 0) is 10.0 Å². The lowest BCUT2D eigenvalue weighted by Gasteiger charge is -2.07. The lowest BCUT2D eigenvalue weighted by molar-refractivity contribution is -0.121. The van der Waals surface area contributed by atoms with Crippen LogP contribution in [0.3, 0.4) is 0 Å². The maximum Gasteiger partial charge on any atom is 0.402 e. The van der Waals surface area contributed by atoms with Crippen molar-refractivity contribution in [1.29, 1.82) is 0 Å². The predicted molar refractivity (Wildman–Crippen MR) is 50.0 cm³/mol. The van der Waals surface area contributed by atoms with Crippen LogP contribution in [0.15, 0.2) is 15.7 Å². The minimum Gasteiger partial charge on any atom is -0.398 e. The van der Waals surface area contributed by atoms with Crippen molar-refractivity contribution in [2.24, 2.45) is 0 Å². The molecule has 1 aromatic rings. The van der Waals surface area contributed by atoms with Gasteiger partial charge >= 0.3 is 6.18 Å². The number of nitrogens with two attached hydrogens (primary N) is 1. The molecule has 1 aromatic heterocycles. The fraction of sp³-hybridized carbons (Fsp3) is 0.333. The van der Waals surface area contributed by atoms with Crippen LogP contribution in [0.2, 0.25) is 0 Å². The molecule has 9 heteroatoms. The van der Waals surface area contributed by atoms with Gasteiger partial charge < -0.3 is 5.73 Å². The molecule has 3 N–H and O–H groups in total. The van der Waals surface area contributed by atoms with Crippen LogP contribution < -0.4 is 10.5 Å². The van der Waals surface area contributed by atoms with E-state index >= 15 is 0 Å². The van der Waals surface area contributed by atoms with E-state index in [4.69, 9.17) is 5.73 Å². The third-order valence-corrected chi connectivity index (χ3v) is 4.18. The van der Waals surface area contributed by atoms with E-state index < -0.39 is 22.7 Å². The number of nitrogen functional groups attached to an aromatic ring is 1. The second-order valence-electron chi connectivity index (χ2n) is 2.64. The van der Waals surface area contributed by atoms with E-state index in [0.29, 0.717) is 0 Å². The summed E-state index contributed by atoms with van der Waals surface area (Å²) in [5.41, 5.74) is 5.45. The molecule has 0 radical (unpaired) electrons. The fourth-order valence-corrected chi connectivity index (χ4v) is 2.86. The number of sulfonamides is 1. The molecular formula is C6H7F3N2O2S2. The normalized spacial score (nSPS) is 13.0. The number of hydrogen-bond acceptors (Lipinski definition) is 4. The molecule has 0 saturated carbocycles. The maximum absolute atomic E-state index is 11.8. The molecule has 1 heterocycles. The summed E-state index contributed by atoms with van der Waals surface area (Å²) in [6.45, 7) is -1.59. The standard InChI is InChI=1S/C6H7F3N2O2S2/c7-6(8,9)3-11-15(12,13)5-1-4(10)2-14-5/h1-2,11H,3,10H2. The van der Waals surface area contributed by atoms with Gasteiger partial charge in [-0.05, 0) is 6.07 Å². The molecule has 15 heavy (non-hydrogen) atoms. The van der Waals surface area contributed by atoms with Crippen LogP contribution in [0.25, 0.3) is 0 Å². The van der Waals surface area contributed by atoms with Gasteiger partial charge in [-0.25, -0.2) is 13.1 Å². The Labute approximate surface area is 87.9 Å². The molecule has 86 valence electrons. The number of rotatable bonds is 3. The van der Waals surface area contributed by atoms with Crippen molar-refractivity contribution in [3.05, 3.63) is 11.4 Å². The summed E-state index contributed by atoms with van der Waals surface area (Å²) in [5.74, 6) is 0. The topological polar surface area (TPSA) is 72.2 Å². The zero-order chi connectivity index (χ0) is 11.7. The Morgan fingerprint density at radius 1 is 1.47 bits per heavy atom. The molecule has 4 nitrogen and oxygen atoms in total. The Hall–Kier alpha value is -0.800. The smallest absolute Gasteiger partial charge is 0.398 e. The molecular weight excluding hydrogens is 253 g/mol. The average Bonchev–Trinajstić information content (AvgIpc) is 2.48. The van der Waals surface area contributed by atoms with Crippen LogP contribution in [0, 0.1) is 0 Å². The minimum absolute atomic E-state index is 0.201. The Morgan fingerprint density at radius 2 is 2.07 bits per heavy atom. The van der Waals surface area contributed by atoms with Gasteiger partial charge in [-0.15, -0.1) is 11.3 Å². The van der Waals surface area contributed by atoms with Gasteiger partial charge in [0.1, 0.15) is 10.8 Å². The van der Waals surface area contributed by atoms with Gasteiger partial charge in [0.2, 0.25) is 10.0 Å². The molecule has 0 aliphatic rings. The third kappa shape index (κ3) is 3.68. The number of halogens is 3. The highest BCUT2D eigenvalue weighted by Crippen LogP contribution is 2.22. The van der Waals surface area contributed by atoms with Gasteiger partial charge in [-0.3, -0.25) is 0 Å². The number of alkyl halides is 3. The van der Waals surface area contributed by atoms with Crippen molar-refractivity contribution in [3.63, 3.8) is 0 Å². The summed E-state index contributed by atoms with van der Waals surface area (Å²) in [6, 6.07) is 1.10. The second kappa shape index (κ2) is 3.99. The van der Waals surface area contributed by atoms with Crippen LogP contribution in [0.4, 0.5) is 18.9 Å². The predicted octanol–water partition coefficient (Wildman–Crippen LogP) is 1.17.